The molecule has 64 heavy (non-hydrogen) atoms. The summed E-state index contributed by atoms with van der Waals surface area (Å²) in [4.78, 5) is 74.0. The fourth-order valence-electron chi connectivity index (χ4n) is 7.30. The van der Waals surface area contributed by atoms with E-state index in [4.69, 9.17) is 18.2 Å². The SMILES string of the molecule is Cc1cn([C@H]2C[C@@H](O)[C@@H](COP(=O)(O)OCCSc3cc(O)n(CCCCCC(=O)Nc4ccc(-c5c6ccc(=O)cc-6oc6cc(O)ccc56)c(C(=O)O)c4)c3O)O2)c(=O)[nH]c1=O. The number of anilines is 1. The van der Waals surface area contributed by atoms with E-state index in [-0.39, 0.29) is 93.6 Å². The molecule has 22 heteroatoms. The first-order valence-corrected chi connectivity index (χ1v) is 22.3. The Morgan fingerprint density at radius 2 is 1.77 bits per heavy atom. The minimum atomic E-state index is -4.62. The maximum Gasteiger partial charge on any atom is 0.472 e. The average molecular weight is 923 g/mol. The van der Waals surface area contributed by atoms with Gasteiger partial charge in [-0.2, -0.15) is 0 Å². The number of H-pyrrole nitrogens is 1. The largest absolute Gasteiger partial charge is 0.508 e. The Bertz CT molecular complexity index is 2930. The number of rotatable bonds is 18. The van der Waals surface area contributed by atoms with E-state index in [2.05, 4.69) is 10.3 Å². The molecule has 0 bridgehead atoms. The molecule has 0 radical (unpaired) electrons. The molecular weight excluding hydrogens is 880 g/mol. The number of carbonyl (C=O) groups excluding carboxylic acids is 1. The van der Waals surface area contributed by atoms with Gasteiger partial charge in [0, 0.05) is 77.3 Å². The number of hydrogen-bond donors (Lipinski definition) is 8. The van der Waals surface area contributed by atoms with Crippen molar-refractivity contribution in [1.29, 1.82) is 0 Å². The summed E-state index contributed by atoms with van der Waals surface area (Å²) in [5, 5.41) is 55.1. The van der Waals surface area contributed by atoms with Crippen LogP contribution in [0.2, 0.25) is 0 Å². The van der Waals surface area contributed by atoms with Crippen LogP contribution in [0.25, 0.3) is 33.4 Å². The number of phenolic OH excluding ortho intramolecular Hbond substituents is 1. The molecule has 1 unspecified atom stereocenters. The Morgan fingerprint density at radius 1 is 0.984 bits per heavy atom. The quantitative estimate of drug-likeness (QED) is 0.0240. The number of ether oxygens (including phenoxy) is 1. The van der Waals surface area contributed by atoms with Crippen molar-refractivity contribution in [2.45, 2.75) is 68.9 Å². The fraction of sp³-hybridized carbons (Fsp3) is 0.310. The van der Waals surface area contributed by atoms with Crippen molar-refractivity contribution in [3.8, 4) is 40.0 Å². The van der Waals surface area contributed by atoms with Gasteiger partial charge in [0.2, 0.25) is 11.8 Å². The van der Waals surface area contributed by atoms with Crippen LogP contribution in [0, 0.1) is 6.92 Å². The van der Waals surface area contributed by atoms with Crippen LogP contribution < -0.4 is 22.0 Å². The van der Waals surface area contributed by atoms with Gasteiger partial charge in [0.25, 0.3) is 5.56 Å². The zero-order valence-corrected chi connectivity index (χ0v) is 35.7. The van der Waals surface area contributed by atoms with Gasteiger partial charge in [-0.05, 0) is 61.7 Å². The van der Waals surface area contributed by atoms with Crippen molar-refractivity contribution in [2.75, 3.05) is 24.3 Å². The summed E-state index contributed by atoms with van der Waals surface area (Å²) in [5.74, 6) is -1.89. The number of aliphatic hydroxyl groups excluding tert-OH is 1. The Labute approximate surface area is 366 Å². The first-order valence-electron chi connectivity index (χ1n) is 19.9. The van der Waals surface area contributed by atoms with Crippen molar-refractivity contribution in [2.24, 2.45) is 0 Å². The number of aromatic nitrogens is 3. The number of aliphatic hydroxyl groups is 1. The predicted octanol–water partition coefficient (Wildman–Crippen LogP) is 5.11. The second kappa shape index (κ2) is 19.3. The number of thioether (sulfide) groups is 1. The summed E-state index contributed by atoms with van der Waals surface area (Å²) in [6.45, 7) is 0.863. The molecule has 2 aromatic heterocycles. The van der Waals surface area contributed by atoms with Gasteiger partial charge in [0.15, 0.2) is 11.3 Å². The van der Waals surface area contributed by atoms with E-state index < -0.39 is 50.1 Å². The molecule has 1 amide bonds. The number of hydrogen-bond acceptors (Lipinski definition) is 15. The normalized spacial score (nSPS) is 17.2. The summed E-state index contributed by atoms with van der Waals surface area (Å²) < 4.78 is 36.4. The molecule has 338 valence electrons. The standard InChI is InChI=1S/C42H43N4O16PS/c1-22-20-46(42(56)44-39(22)52)37-18-30(49)33(62-37)21-60-63(57,58)59-13-14-64-34-19-36(51)45(40(34)53)12-4-2-3-5-35(50)43-23-6-9-26(29(15-23)41(54)55)38-27-10-7-24(47)16-31(27)61-32-17-25(48)8-11-28(32)38/h6-11,15-17,19-20,30,33,37,47,49,51,53H,2-5,12-14,18,21H2,1H3,(H,43,50)(H,54,55)(H,57,58)(H,44,52,56)/t30-,33-,37-/m1/s1. The van der Waals surface area contributed by atoms with Crippen molar-refractivity contribution >= 4 is 48.1 Å². The molecule has 3 aliphatic rings. The molecule has 4 heterocycles. The number of amides is 1. The number of fused-ring (bicyclic) bond motifs is 2. The second-order valence-corrected chi connectivity index (χ2v) is 17.5. The number of nitrogens with one attached hydrogen (secondary N) is 2. The summed E-state index contributed by atoms with van der Waals surface area (Å²) in [7, 11) is -4.62. The smallest absolute Gasteiger partial charge is 0.472 e. The summed E-state index contributed by atoms with van der Waals surface area (Å²) in [5.41, 5.74) is 0.258. The van der Waals surface area contributed by atoms with Crippen molar-refractivity contribution in [1.82, 2.24) is 14.1 Å². The Kier molecular flexibility index (Phi) is 13.8. The van der Waals surface area contributed by atoms with E-state index >= 15 is 0 Å². The van der Waals surface area contributed by atoms with E-state index in [0.717, 1.165) is 16.3 Å². The van der Waals surface area contributed by atoms with Gasteiger partial charge in [0.1, 0.15) is 29.4 Å². The number of unbranched alkanes of at least 4 members (excludes halogenated alkanes) is 2. The molecule has 2 aliphatic heterocycles. The molecule has 1 aliphatic carbocycles. The van der Waals surface area contributed by atoms with Crippen LogP contribution in [0.4, 0.5) is 5.69 Å². The summed E-state index contributed by atoms with van der Waals surface area (Å²) in [6, 6.07) is 14.4. The molecule has 4 atom stereocenters. The minimum absolute atomic E-state index is 0.0397. The highest BCUT2D eigenvalue weighted by Crippen LogP contribution is 2.45. The van der Waals surface area contributed by atoms with Crippen LogP contribution in [0.5, 0.6) is 17.5 Å². The lowest BCUT2D eigenvalue weighted by Crippen LogP contribution is -2.33. The van der Waals surface area contributed by atoms with E-state index in [1.165, 1.54) is 54.1 Å². The van der Waals surface area contributed by atoms with Crippen LogP contribution in [0.1, 0.15) is 54.3 Å². The molecular formula is C42H43N4O16PS. The number of benzene rings is 3. The van der Waals surface area contributed by atoms with Gasteiger partial charge in [-0.25, -0.2) is 14.2 Å². The third kappa shape index (κ3) is 10.4. The lowest BCUT2D eigenvalue weighted by atomic mass is 9.90. The van der Waals surface area contributed by atoms with E-state index in [1.54, 1.807) is 24.3 Å². The van der Waals surface area contributed by atoms with Gasteiger partial charge >= 0.3 is 19.5 Å². The van der Waals surface area contributed by atoms with E-state index in [1.807, 2.05) is 0 Å². The van der Waals surface area contributed by atoms with Crippen molar-refractivity contribution in [3.63, 3.8) is 0 Å². The molecule has 8 N–H and O–H groups in total. The molecule has 2 aromatic carbocycles. The monoisotopic (exact) mass is 922 g/mol. The second-order valence-electron chi connectivity index (χ2n) is 14.9. The van der Waals surface area contributed by atoms with Gasteiger partial charge in [-0.15, -0.1) is 11.8 Å². The van der Waals surface area contributed by atoms with Gasteiger partial charge in [0.05, 0.1) is 29.8 Å². The zero-order valence-electron chi connectivity index (χ0n) is 34.0. The number of phosphoric ester groups is 1. The van der Waals surface area contributed by atoms with E-state index in [9.17, 15) is 59.0 Å². The maximum atomic E-state index is 12.9. The number of phosphoric acid groups is 1. The Morgan fingerprint density at radius 3 is 2.55 bits per heavy atom. The van der Waals surface area contributed by atoms with Crippen LogP contribution in [0.15, 0.2) is 90.6 Å². The highest BCUT2D eigenvalue weighted by atomic mass is 32.2. The number of aromatic carboxylic acids is 1. The molecule has 20 nitrogen and oxygen atoms in total. The molecule has 1 fully saturated rings. The Hall–Kier alpha value is -6.19. The van der Waals surface area contributed by atoms with Gasteiger partial charge in [-0.3, -0.25) is 37.5 Å². The van der Waals surface area contributed by atoms with Crippen molar-refractivity contribution < 1.29 is 62.8 Å². The van der Waals surface area contributed by atoms with Crippen molar-refractivity contribution in [3.05, 3.63) is 109 Å². The number of nitrogens with zero attached hydrogens (tertiary/aromatic N) is 2. The molecule has 0 saturated carbocycles. The first-order chi connectivity index (χ1) is 30.5. The maximum absolute atomic E-state index is 12.9. The number of carbonyl (C=O) groups is 2. The highest BCUT2D eigenvalue weighted by molar-refractivity contribution is 7.99. The Balaban J connectivity index is 0.857. The van der Waals surface area contributed by atoms with E-state index in [0.29, 0.717) is 41.3 Å². The van der Waals surface area contributed by atoms with Gasteiger partial charge < -0.3 is 44.9 Å². The number of carboxylic acids is 1. The average Bonchev–Trinajstić information content (AvgIpc) is 3.74. The summed E-state index contributed by atoms with van der Waals surface area (Å²) in [6.07, 6.45) is -0.396. The number of phenols is 1. The lowest BCUT2D eigenvalue weighted by Gasteiger charge is -2.18. The third-order valence-corrected chi connectivity index (χ3v) is 12.4. The van der Waals surface area contributed by atoms with Crippen LogP contribution >= 0.6 is 19.6 Å². The number of aromatic hydroxyl groups is 3. The number of aromatic amines is 1. The fourth-order valence-corrected chi connectivity index (χ4v) is 8.97. The molecule has 0 spiro atoms. The first kappa shape index (κ1) is 45.8. The number of aryl methyl sites for hydroxylation is 1. The molecule has 7 rings (SSSR count). The topological polar surface area (TPSA) is 302 Å². The van der Waals surface area contributed by atoms with Crippen LogP contribution in [-0.2, 0) is 29.7 Å². The third-order valence-electron chi connectivity index (χ3n) is 10.4. The summed E-state index contributed by atoms with van der Waals surface area (Å²) >= 11 is 1.04. The number of carboxylic acid groups (broad SMARTS) is 1. The highest BCUT2D eigenvalue weighted by Gasteiger charge is 2.38. The van der Waals surface area contributed by atoms with Gasteiger partial charge in [-0.1, -0.05) is 12.5 Å². The van der Waals surface area contributed by atoms with Crippen LogP contribution in [0.3, 0.4) is 0 Å². The van der Waals surface area contributed by atoms with Crippen LogP contribution in [-0.4, -0.2) is 87.6 Å². The lowest BCUT2D eigenvalue weighted by molar-refractivity contribution is -0.116. The minimum Gasteiger partial charge on any atom is -0.508 e. The molecule has 1 saturated heterocycles. The zero-order chi connectivity index (χ0) is 45.9. The predicted molar refractivity (Wildman–Crippen MR) is 231 cm³/mol. The molecule has 4 aromatic rings.